The third kappa shape index (κ3) is 4.59. The number of amides is 1. The Balaban J connectivity index is 1.56. The van der Waals surface area contributed by atoms with Crippen LogP contribution in [-0.4, -0.2) is 25.0 Å². The van der Waals surface area contributed by atoms with Crippen LogP contribution in [0.3, 0.4) is 0 Å². The van der Waals surface area contributed by atoms with Crippen molar-refractivity contribution in [1.82, 2.24) is 10.6 Å². The minimum Gasteiger partial charge on any atom is -0.352 e. The van der Waals surface area contributed by atoms with E-state index in [1.807, 2.05) is 12.1 Å². The summed E-state index contributed by atoms with van der Waals surface area (Å²) in [5.41, 5.74) is 0. The van der Waals surface area contributed by atoms with Crippen molar-refractivity contribution in [2.75, 3.05) is 13.1 Å². The Kier molecular flexibility index (Phi) is 5.47. The van der Waals surface area contributed by atoms with E-state index in [1.54, 1.807) is 11.3 Å². The lowest BCUT2D eigenvalue weighted by Crippen LogP contribution is -2.39. The average Bonchev–Trinajstić information content (AvgIpc) is 2.96. The van der Waals surface area contributed by atoms with Crippen molar-refractivity contribution in [3.8, 4) is 0 Å². The lowest BCUT2D eigenvalue weighted by Gasteiger charge is -2.12. The SMILES string of the molecule is O=C(CNCCc1ccc(Cl)s1)NC1CCCC1. The van der Waals surface area contributed by atoms with Crippen molar-refractivity contribution in [2.24, 2.45) is 0 Å². The van der Waals surface area contributed by atoms with Crippen LogP contribution in [0.1, 0.15) is 30.6 Å². The first-order valence-corrected chi connectivity index (χ1v) is 7.68. The minimum atomic E-state index is 0.117. The predicted octanol–water partition coefficient (Wildman–Crippen LogP) is 2.59. The van der Waals surface area contributed by atoms with Crippen molar-refractivity contribution >= 4 is 28.8 Å². The van der Waals surface area contributed by atoms with E-state index in [0.29, 0.717) is 12.6 Å². The number of thiophene rings is 1. The van der Waals surface area contributed by atoms with Gasteiger partial charge in [-0.05, 0) is 31.4 Å². The van der Waals surface area contributed by atoms with Crippen molar-refractivity contribution in [2.45, 2.75) is 38.1 Å². The standard InChI is InChI=1S/C13H19ClN2OS/c14-12-6-5-11(18-12)7-8-15-9-13(17)16-10-3-1-2-4-10/h5-6,10,15H,1-4,7-9H2,(H,16,17). The van der Waals surface area contributed by atoms with E-state index in [4.69, 9.17) is 11.6 Å². The molecule has 0 aromatic carbocycles. The van der Waals surface area contributed by atoms with E-state index in [0.717, 1.165) is 30.1 Å². The van der Waals surface area contributed by atoms with Crippen LogP contribution in [0.5, 0.6) is 0 Å². The first kappa shape index (κ1) is 13.8. The summed E-state index contributed by atoms with van der Waals surface area (Å²) in [4.78, 5) is 12.9. The van der Waals surface area contributed by atoms with Crippen LogP contribution in [0.4, 0.5) is 0 Å². The number of rotatable bonds is 6. The third-order valence-electron chi connectivity index (χ3n) is 3.18. The fourth-order valence-corrected chi connectivity index (χ4v) is 3.34. The zero-order valence-electron chi connectivity index (χ0n) is 10.4. The van der Waals surface area contributed by atoms with Crippen LogP contribution in [0.25, 0.3) is 0 Å². The Morgan fingerprint density at radius 3 is 2.83 bits per heavy atom. The minimum absolute atomic E-state index is 0.117. The normalized spacial score (nSPS) is 16.1. The third-order valence-corrected chi connectivity index (χ3v) is 4.47. The molecule has 0 bridgehead atoms. The molecule has 5 heteroatoms. The monoisotopic (exact) mass is 286 g/mol. The maximum Gasteiger partial charge on any atom is 0.234 e. The van der Waals surface area contributed by atoms with Gasteiger partial charge in [0.25, 0.3) is 0 Å². The van der Waals surface area contributed by atoms with Gasteiger partial charge in [-0.2, -0.15) is 0 Å². The zero-order valence-corrected chi connectivity index (χ0v) is 11.9. The number of hydrogen-bond donors (Lipinski definition) is 2. The van der Waals surface area contributed by atoms with Crippen molar-refractivity contribution < 1.29 is 4.79 Å². The molecule has 0 spiro atoms. The summed E-state index contributed by atoms with van der Waals surface area (Å²) in [6.45, 7) is 1.23. The molecule has 0 atom stereocenters. The van der Waals surface area contributed by atoms with Gasteiger partial charge in [0, 0.05) is 17.5 Å². The predicted molar refractivity (Wildman–Crippen MR) is 76.3 cm³/mol. The average molecular weight is 287 g/mol. The molecular weight excluding hydrogens is 268 g/mol. The van der Waals surface area contributed by atoms with Gasteiger partial charge in [-0.1, -0.05) is 24.4 Å². The summed E-state index contributed by atoms with van der Waals surface area (Å²) >= 11 is 7.45. The lowest BCUT2D eigenvalue weighted by molar-refractivity contribution is -0.120. The molecule has 1 aromatic heterocycles. The molecule has 0 unspecified atom stereocenters. The Hall–Kier alpha value is -0.580. The van der Waals surface area contributed by atoms with Gasteiger partial charge in [0.15, 0.2) is 0 Å². The molecule has 1 heterocycles. The summed E-state index contributed by atoms with van der Waals surface area (Å²) in [5, 5.41) is 6.23. The van der Waals surface area contributed by atoms with Gasteiger partial charge in [-0.25, -0.2) is 0 Å². The van der Waals surface area contributed by atoms with Gasteiger partial charge < -0.3 is 10.6 Å². The van der Waals surface area contributed by atoms with Crippen molar-refractivity contribution in [3.05, 3.63) is 21.3 Å². The molecule has 1 saturated carbocycles. The van der Waals surface area contributed by atoms with Crippen LogP contribution in [0.15, 0.2) is 12.1 Å². The second-order valence-electron chi connectivity index (χ2n) is 4.68. The van der Waals surface area contributed by atoms with Crippen molar-refractivity contribution in [3.63, 3.8) is 0 Å². The molecule has 1 amide bonds. The molecule has 0 saturated heterocycles. The van der Waals surface area contributed by atoms with Gasteiger partial charge in [0.1, 0.15) is 0 Å². The highest BCUT2D eigenvalue weighted by molar-refractivity contribution is 7.16. The Labute approximate surface area is 117 Å². The Bertz CT molecular complexity index is 388. The topological polar surface area (TPSA) is 41.1 Å². The quantitative estimate of drug-likeness (QED) is 0.789. The largest absolute Gasteiger partial charge is 0.352 e. The molecule has 1 aliphatic carbocycles. The second-order valence-corrected chi connectivity index (χ2v) is 6.48. The van der Waals surface area contributed by atoms with Crippen molar-refractivity contribution in [1.29, 1.82) is 0 Å². The summed E-state index contributed by atoms with van der Waals surface area (Å²) in [6.07, 6.45) is 5.70. The van der Waals surface area contributed by atoms with Gasteiger partial charge in [0.2, 0.25) is 5.91 Å². The molecule has 100 valence electrons. The van der Waals surface area contributed by atoms with E-state index in [1.165, 1.54) is 17.7 Å². The van der Waals surface area contributed by atoms with Crippen LogP contribution >= 0.6 is 22.9 Å². The number of hydrogen-bond acceptors (Lipinski definition) is 3. The first-order valence-electron chi connectivity index (χ1n) is 6.48. The fourth-order valence-electron chi connectivity index (χ4n) is 2.25. The zero-order chi connectivity index (χ0) is 12.8. The van der Waals surface area contributed by atoms with Gasteiger partial charge >= 0.3 is 0 Å². The molecule has 0 radical (unpaired) electrons. The van der Waals surface area contributed by atoms with Crippen LogP contribution in [-0.2, 0) is 11.2 Å². The molecule has 1 aliphatic rings. The molecule has 18 heavy (non-hydrogen) atoms. The lowest BCUT2D eigenvalue weighted by atomic mass is 10.2. The Morgan fingerprint density at radius 1 is 1.39 bits per heavy atom. The van der Waals surface area contributed by atoms with Crippen LogP contribution in [0, 0.1) is 0 Å². The van der Waals surface area contributed by atoms with Crippen LogP contribution < -0.4 is 10.6 Å². The number of nitrogens with one attached hydrogen (secondary N) is 2. The summed E-state index contributed by atoms with van der Waals surface area (Å²) in [6, 6.07) is 4.36. The second kappa shape index (κ2) is 7.12. The maximum absolute atomic E-state index is 11.6. The van der Waals surface area contributed by atoms with Crippen LogP contribution in [0.2, 0.25) is 4.34 Å². The molecular formula is C13H19ClN2OS. The van der Waals surface area contributed by atoms with E-state index in [2.05, 4.69) is 10.6 Å². The summed E-state index contributed by atoms with van der Waals surface area (Å²) < 4.78 is 0.823. The molecule has 1 fully saturated rings. The molecule has 2 rings (SSSR count). The van der Waals surface area contributed by atoms with Gasteiger partial charge in [-0.15, -0.1) is 11.3 Å². The van der Waals surface area contributed by atoms with E-state index in [-0.39, 0.29) is 5.91 Å². The van der Waals surface area contributed by atoms with Gasteiger partial charge in [0.05, 0.1) is 10.9 Å². The first-order chi connectivity index (χ1) is 8.74. The highest BCUT2D eigenvalue weighted by atomic mass is 35.5. The fraction of sp³-hybridized carbons (Fsp3) is 0.615. The molecule has 0 aliphatic heterocycles. The molecule has 2 N–H and O–H groups in total. The molecule has 3 nitrogen and oxygen atoms in total. The van der Waals surface area contributed by atoms with E-state index in [9.17, 15) is 4.79 Å². The summed E-state index contributed by atoms with van der Waals surface area (Å²) in [7, 11) is 0. The maximum atomic E-state index is 11.6. The highest BCUT2D eigenvalue weighted by Gasteiger charge is 2.16. The number of halogens is 1. The van der Waals surface area contributed by atoms with E-state index < -0.39 is 0 Å². The number of carbonyl (C=O) groups excluding carboxylic acids is 1. The summed E-state index contributed by atoms with van der Waals surface area (Å²) in [5.74, 6) is 0.117. The smallest absolute Gasteiger partial charge is 0.234 e. The highest BCUT2D eigenvalue weighted by Crippen LogP contribution is 2.21. The Morgan fingerprint density at radius 2 is 2.17 bits per heavy atom. The van der Waals surface area contributed by atoms with Gasteiger partial charge in [-0.3, -0.25) is 4.79 Å². The van der Waals surface area contributed by atoms with E-state index >= 15 is 0 Å². The number of carbonyl (C=O) groups is 1. The molecule has 1 aromatic rings.